The van der Waals surface area contributed by atoms with Gasteiger partial charge in [-0.25, -0.2) is 0 Å². The van der Waals surface area contributed by atoms with Crippen molar-refractivity contribution in [1.82, 2.24) is 0 Å². The third-order valence-electron chi connectivity index (χ3n) is 0.841. The molecule has 0 aliphatic carbocycles. The summed E-state index contributed by atoms with van der Waals surface area (Å²) in [5.74, 6) is 0. The number of methoxy groups -OCH3 is 1. The first-order chi connectivity index (χ1) is 2.81. The van der Waals surface area contributed by atoms with Gasteiger partial charge in [-0.1, -0.05) is 13.0 Å². The molecule has 0 amide bonds. The van der Waals surface area contributed by atoms with Crippen molar-refractivity contribution in [2.24, 2.45) is 0 Å². The van der Waals surface area contributed by atoms with E-state index in [9.17, 15) is 0 Å². The van der Waals surface area contributed by atoms with Crippen molar-refractivity contribution < 1.29 is 25.2 Å². The van der Waals surface area contributed by atoms with E-state index in [1.165, 1.54) is 0 Å². The number of ether oxygens (including phenoxy) is 1. The Hall–Kier alpha value is 0.622. The summed E-state index contributed by atoms with van der Waals surface area (Å²) in [7, 11) is 1.70. The summed E-state index contributed by atoms with van der Waals surface area (Å²) in [6.07, 6.45) is 2.31. The molecule has 0 fully saturated rings. The van der Waals surface area contributed by atoms with Gasteiger partial charge in [0.1, 0.15) is 0 Å². The van der Waals surface area contributed by atoms with Gasteiger partial charge in [-0.3, -0.25) is 0 Å². The summed E-state index contributed by atoms with van der Waals surface area (Å²) in [4.78, 5) is 0. The minimum Gasteiger partial charge on any atom is -0.413 e. The quantitative estimate of drug-likeness (QED) is 0.474. The normalized spacial score (nSPS) is 12.4. The predicted octanol–water partition coefficient (Wildman–Crippen LogP) is 1.24. The molecule has 0 aromatic carbocycles. The van der Waals surface area contributed by atoms with Gasteiger partial charge in [-0.15, -0.1) is 0 Å². The summed E-state index contributed by atoms with van der Waals surface area (Å²) >= 11 is 0. The Bertz CT molecular complexity index is 27.3. The van der Waals surface area contributed by atoms with Gasteiger partial charge in [0, 0.05) is 27.5 Å². The van der Waals surface area contributed by atoms with Crippen molar-refractivity contribution in [3.63, 3.8) is 0 Å². The van der Waals surface area contributed by atoms with Crippen molar-refractivity contribution in [1.29, 1.82) is 0 Å². The molecule has 1 atom stereocenters. The fraction of sp³-hybridized carbons (Fsp3) is 0.800. The second-order valence-corrected chi connectivity index (χ2v) is 1.27. The molecular weight excluding hydrogens is 182 g/mol. The van der Waals surface area contributed by atoms with Crippen LogP contribution < -0.4 is 0 Å². The molecule has 0 saturated heterocycles. The van der Waals surface area contributed by atoms with E-state index in [1.807, 2.05) is 20.3 Å². The van der Waals surface area contributed by atoms with Crippen LogP contribution in [0.1, 0.15) is 13.8 Å². The molecule has 7 heavy (non-hydrogen) atoms. The first-order valence-corrected chi connectivity index (χ1v) is 2.13. The number of hydrogen-bond donors (Lipinski definition) is 0. The molecule has 0 heterocycles. The summed E-state index contributed by atoms with van der Waals surface area (Å²) in [5, 5.41) is 0. The van der Waals surface area contributed by atoms with Gasteiger partial charge >= 0.3 is 0 Å². The van der Waals surface area contributed by atoms with Gasteiger partial charge in [0.25, 0.3) is 0 Å². The van der Waals surface area contributed by atoms with E-state index in [0.29, 0.717) is 6.10 Å². The SMILES string of the molecule is C[CH-][C@@H](C)OC.[Pd]. The standard InChI is InChI=1S/C5H11O.Pd/c1-4-5(2)6-3;/h4-5H,1-3H3;/q-1;/t5-;/m1./s1. The fourth-order valence-corrected chi connectivity index (χ4v) is 0.136. The molecule has 1 nitrogen and oxygen atoms in total. The van der Waals surface area contributed by atoms with Crippen LogP contribution in [-0.4, -0.2) is 13.2 Å². The molecule has 0 N–H and O–H groups in total. The fourth-order valence-electron chi connectivity index (χ4n) is 0.136. The smallest absolute Gasteiger partial charge is 0.0322 e. The van der Waals surface area contributed by atoms with Crippen molar-refractivity contribution in [2.75, 3.05) is 7.11 Å². The topological polar surface area (TPSA) is 9.23 Å². The summed E-state index contributed by atoms with van der Waals surface area (Å²) in [6.45, 7) is 3.98. The Labute approximate surface area is 59.1 Å². The molecule has 0 aromatic heterocycles. The zero-order valence-corrected chi connectivity index (χ0v) is 6.43. The molecule has 0 spiro atoms. The molecule has 0 saturated carbocycles. The average molecular weight is 194 g/mol. The summed E-state index contributed by atoms with van der Waals surface area (Å²) in [6, 6.07) is 0. The molecule has 0 unspecified atom stereocenters. The van der Waals surface area contributed by atoms with Crippen molar-refractivity contribution in [3.8, 4) is 0 Å². The van der Waals surface area contributed by atoms with Crippen LogP contribution in [0.25, 0.3) is 0 Å². The van der Waals surface area contributed by atoms with Crippen LogP contribution in [-0.2, 0) is 25.2 Å². The monoisotopic (exact) mass is 193 g/mol. The van der Waals surface area contributed by atoms with Gasteiger partial charge in [0.15, 0.2) is 0 Å². The molecule has 0 aromatic rings. The van der Waals surface area contributed by atoms with E-state index in [-0.39, 0.29) is 20.4 Å². The van der Waals surface area contributed by atoms with E-state index in [2.05, 4.69) is 0 Å². The van der Waals surface area contributed by atoms with Crippen molar-refractivity contribution in [3.05, 3.63) is 6.42 Å². The third-order valence-corrected chi connectivity index (χ3v) is 0.841. The summed E-state index contributed by atoms with van der Waals surface area (Å²) < 4.78 is 4.84. The van der Waals surface area contributed by atoms with Gasteiger partial charge in [-0.2, -0.15) is 6.92 Å². The van der Waals surface area contributed by atoms with Crippen LogP contribution in [0.3, 0.4) is 0 Å². The maximum atomic E-state index is 4.84. The molecule has 2 heteroatoms. The van der Waals surface area contributed by atoms with Gasteiger partial charge in [0.2, 0.25) is 0 Å². The maximum absolute atomic E-state index is 4.84. The van der Waals surface area contributed by atoms with Gasteiger partial charge in [0.05, 0.1) is 0 Å². The Kier molecular flexibility index (Phi) is 10.0. The van der Waals surface area contributed by atoms with E-state index in [1.54, 1.807) is 7.11 Å². The van der Waals surface area contributed by atoms with E-state index >= 15 is 0 Å². The van der Waals surface area contributed by atoms with Crippen LogP contribution in [0, 0.1) is 6.42 Å². The third kappa shape index (κ3) is 6.62. The molecule has 0 aliphatic heterocycles. The first-order valence-electron chi connectivity index (χ1n) is 2.13. The molecule has 0 radical (unpaired) electrons. The zero-order valence-electron chi connectivity index (χ0n) is 4.88. The second kappa shape index (κ2) is 6.62. The molecule has 48 valence electrons. The van der Waals surface area contributed by atoms with E-state index in [4.69, 9.17) is 4.74 Å². The predicted molar refractivity (Wildman–Crippen MR) is 26.4 cm³/mol. The minimum atomic E-state index is 0. The molecule has 0 rings (SSSR count). The Balaban J connectivity index is 0. The van der Waals surface area contributed by atoms with Crippen molar-refractivity contribution in [2.45, 2.75) is 20.0 Å². The zero-order chi connectivity index (χ0) is 4.99. The number of rotatable bonds is 2. The Morgan fingerprint density at radius 1 is 1.57 bits per heavy atom. The van der Waals surface area contributed by atoms with E-state index < -0.39 is 0 Å². The molecule has 0 aliphatic rings. The van der Waals surface area contributed by atoms with Crippen LogP contribution in [0.4, 0.5) is 0 Å². The summed E-state index contributed by atoms with van der Waals surface area (Å²) in [5.41, 5.74) is 0. The van der Waals surface area contributed by atoms with Crippen LogP contribution >= 0.6 is 0 Å². The second-order valence-electron chi connectivity index (χ2n) is 1.27. The van der Waals surface area contributed by atoms with E-state index in [0.717, 1.165) is 0 Å². The average Bonchev–Trinajstić information content (AvgIpc) is 1.65. The minimum absolute atomic E-state index is 0. The van der Waals surface area contributed by atoms with Gasteiger partial charge < -0.3 is 11.2 Å². The largest absolute Gasteiger partial charge is 0.413 e. The Morgan fingerprint density at radius 2 is 2.00 bits per heavy atom. The first kappa shape index (κ1) is 10.6. The van der Waals surface area contributed by atoms with Gasteiger partial charge in [-0.05, 0) is 0 Å². The van der Waals surface area contributed by atoms with Crippen LogP contribution in [0.15, 0.2) is 0 Å². The molecule has 0 bridgehead atoms. The Morgan fingerprint density at radius 3 is 2.00 bits per heavy atom. The number of hydrogen-bond acceptors (Lipinski definition) is 1. The molecular formula is C5H11OPd-. The van der Waals surface area contributed by atoms with Crippen LogP contribution in [0.2, 0.25) is 0 Å². The van der Waals surface area contributed by atoms with Crippen LogP contribution in [0.5, 0.6) is 0 Å². The van der Waals surface area contributed by atoms with Crippen molar-refractivity contribution >= 4 is 0 Å². The maximum Gasteiger partial charge on any atom is 0.0322 e.